The number of likely N-dealkylation sites (tertiary alicyclic amines) is 1. The maximum absolute atomic E-state index is 12.2. The number of hydrogen-bond donors (Lipinski definition) is 0. The molecule has 0 spiro atoms. The van der Waals surface area contributed by atoms with Gasteiger partial charge in [0.15, 0.2) is 0 Å². The summed E-state index contributed by atoms with van der Waals surface area (Å²) in [4.78, 5) is 14.7. The monoisotopic (exact) mass is 287 g/mol. The summed E-state index contributed by atoms with van der Waals surface area (Å²) in [5.41, 5.74) is 3.95. The van der Waals surface area contributed by atoms with Crippen molar-refractivity contribution in [2.45, 2.75) is 51.5 Å². The highest BCUT2D eigenvalue weighted by Gasteiger charge is 2.46. The van der Waals surface area contributed by atoms with Crippen LogP contribution in [0.5, 0.6) is 0 Å². The summed E-state index contributed by atoms with van der Waals surface area (Å²) in [6, 6.07) is 6.72. The molecule has 1 fully saturated rings. The maximum atomic E-state index is 12.2. The number of esters is 1. The number of benzene rings is 1. The van der Waals surface area contributed by atoms with Crippen molar-refractivity contribution >= 4 is 5.97 Å². The zero-order chi connectivity index (χ0) is 14.9. The Hall–Kier alpha value is -1.35. The van der Waals surface area contributed by atoms with E-state index in [9.17, 15) is 4.79 Å². The molecule has 0 aromatic heterocycles. The van der Waals surface area contributed by atoms with Crippen molar-refractivity contribution in [3.8, 4) is 0 Å². The van der Waals surface area contributed by atoms with Gasteiger partial charge in [0.25, 0.3) is 0 Å². The maximum Gasteiger partial charge on any atom is 0.308 e. The third kappa shape index (κ3) is 2.59. The van der Waals surface area contributed by atoms with Crippen molar-refractivity contribution in [1.29, 1.82) is 0 Å². The Morgan fingerprint density at radius 1 is 1.33 bits per heavy atom. The highest BCUT2D eigenvalue weighted by Crippen LogP contribution is 2.46. The molecule has 21 heavy (non-hydrogen) atoms. The van der Waals surface area contributed by atoms with Gasteiger partial charge in [0.1, 0.15) is 0 Å². The Balaban J connectivity index is 1.98. The molecule has 114 valence electrons. The first-order chi connectivity index (χ1) is 10.2. The third-order valence-corrected chi connectivity index (χ3v) is 5.03. The Bertz CT molecular complexity index is 534. The van der Waals surface area contributed by atoms with Crippen LogP contribution in [0.15, 0.2) is 18.2 Å². The summed E-state index contributed by atoms with van der Waals surface area (Å²) in [6.45, 7) is 6.69. The van der Waals surface area contributed by atoms with Gasteiger partial charge in [-0.25, -0.2) is 0 Å². The normalized spacial score (nSPS) is 25.0. The van der Waals surface area contributed by atoms with Crippen LogP contribution in [0.1, 0.15) is 49.3 Å². The molecule has 0 bridgehead atoms. The molecule has 3 rings (SSSR count). The standard InChI is InChI=1S/C18H25NO2/c1-3-21-17(20)13-18(19-10-4-5-11-19)9-8-15-7-6-14(2)12-16(15)18/h6-7,12H,3-5,8-11,13H2,1-2H3. The molecule has 2 aliphatic rings. The molecule has 1 saturated heterocycles. The molecule has 1 atom stereocenters. The van der Waals surface area contributed by atoms with Gasteiger partial charge in [0.2, 0.25) is 0 Å². The van der Waals surface area contributed by atoms with Crippen LogP contribution in [0.2, 0.25) is 0 Å². The van der Waals surface area contributed by atoms with Crippen molar-refractivity contribution in [2.24, 2.45) is 0 Å². The third-order valence-electron chi connectivity index (χ3n) is 5.03. The van der Waals surface area contributed by atoms with E-state index in [2.05, 4.69) is 30.0 Å². The van der Waals surface area contributed by atoms with E-state index in [1.807, 2.05) is 6.92 Å². The Morgan fingerprint density at radius 3 is 2.81 bits per heavy atom. The van der Waals surface area contributed by atoms with Crippen LogP contribution < -0.4 is 0 Å². The van der Waals surface area contributed by atoms with Gasteiger partial charge in [-0.1, -0.05) is 23.8 Å². The van der Waals surface area contributed by atoms with Gasteiger partial charge < -0.3 is 4.74 Å². The summed E-state index contributed by atoms with van der Waals surface area (Å²) in [5, 5.41) is 0. The molecule has 0 amide bonds. The van der Waals surface area contributed by atoms with Crippen molar-refractivity contribution in [3.63, 3.8) is 0 Å². The fraction of sp³-hybridized carbons (Fsp3) is 0.611. The van der Waals surface area contributed by atoms with Crippen LogP contribution in [0, 0.1) is 6.92 Å². The molecule has 0 saturated carbocycles. The largest absolute Gasteiger partial charge is 0.466 e. The molecule has 1 aromatic rings. The van der Waals surface area contributed by atoms with E-state index in [-0.39, 0.29) is 11.5 Å². The summed E-state index contributed by atoms with van der Waals surface area (Å²) in [6.07, 6.45) is 5.10. The van der Waals surface area contributed by atoms with Gasteiger partial charge in [-0.2, -0.15) is 0 Å². The van der Waals surface area contributed by atoms with Gasteiger partial charge in [0.05, 0.1) is 18.6 Å². The Morgan fingerprint density at radius 2 is 2.10 bits per heavy atom. The number of ether oxygens (including phenoxy) is 1. The Kier molecular flexibility index (Phi) is 4.03. The number of fused-ring (bicyclic) bond motifs is 1. The number of aryl methyl sites for hydroxylation is 2. The van der Waals surface area contributed by atoms with Crippen LogP contribution in [-0.4, -0.2) is 30.6 Å². The summed E-state index contributed by atoms with van der Waals surface area (Å²) >= 11 is 0. The minimum atomic E-state index is -0.121. The topological polar surface area (TPSA) is 29.5 Å². The Labute approximate surface area is 127 Å². The van der Waals surface area contributed by atoms with E-state index in [0.717, 1.165) is 25.9 Å². The number of carbonyl (C=O) groups is 1. The first-order valence-electron chi connectivity index (χ1n) is 8.16. The zero-order valence-corrected chi connectivity index (χ0v) is 13.2. The van der Waals surface area contributed by atoms with E-state index in [1.165, 1.54) is 29.5 Å². The van der Waals surface area contributed by atoms with Gasteiger partial charge in [0, 0.05) is 0 Å². The lowest BCUT2D eigenvalue weighted by Gasteiger charge is -2.39. The number of carbonyl (C=O) groups excluding carboxylic acids is 1. The smallest absolute Gasteiger partial charge is 0.308 e. The first kappa shape index (κ1) is 14.6. The molecule has 3 nitrogen and oxygen atoms in total. The lowest BCUT2D eigenvalue weighted by Crippen LogP contribution is -2.45. The number of nitrogens with zero attached hydrogens (tertiary/aromatic N) is 1. The van der Waals surface area contributed by atoms with E-state index in [4.69, 9.17) is 4.74 Å². The SMILES string of the molecule is CCOC(=O)CC1(N2CCCC2)CCc2ccc(C)cc21. The number of rotatable bonds is 4. The van der Waals surface area contributed by atoms with Crippen LogP contribution in [-0.2, 0) is 21.5 Å². The predicted molar refractivity (Wildman–Crippen MR) is 83.2 cm³/mol. The second-order valence-electron chi connectivity index (χ2n) is 6.37. The predicted octanol–water partition coefficient (Wildman–Crippen LogP) is 3.19. The molecule has 1 aromatic carbocycles. The van der Waals surface area contributed by atoms with Crippen LogP contribution in [0.4, 0.5) is 0 Å². The quantitative estimate of drug-likeness (QED) is 0.797. The van der Waals surface area contributed by atoms with Crippen molar-refractivity contribution in [1.82, 2.24) is 4.90 Å². The van der Waals surface area contributed by atoms with Crippen molar-refractivity contribution < 1.29 is 9.53 Å². The second kappa shape index (κ2) is 5.80. The molecule has 1 heterocycles. The molecule has 0 radical (unpaired) electrons. The highest BCUT2D eigenvalue weighted by molar-refractivity contribution is 5.72. The van der Waals surface area contributed by atoms with Crippen molar-refractivity contribution in [3.05, 3.63) is 34.9 Å². The minimum Gasteiger partial charge on any atom is -0.466 e. The fourth-order valence-corrected chi connectivity index (χ4v) is 4.04. The molecule has 1 unspecified atom stereocenters. The summed E-state index contributed by atoms with van der Waals surface area (Å²) in [7, 11) is 0. The summed E-state index contributed by atoms with van der Waals surface area (Å²) < 4.78 is 5.27. The van der Waals surface area contributed by atoms with E-state index in [0.29, 0.717) is 13.0 Å². The highest BCUT2D eigenvalue weighted by atomic mass is 16.5. The fourth-order valence-electron chi connectivity index (χ4n) is 4.04. The van der Waals surface area contributed by atoms with Gasteiger partial charge >= 0.3 is 5.97 Å². The first-order valence-corrected chi connectivity index (χ1v) is 8.16. The van der Waals surface area contributed by atoms with E-state index >= 15 is 0 Å². The van der Waals surface area contributed by atoms with Crippen LogP contribution in [0.25, 0.3) is 0 Å². The molecule has 1 aliphatic carbocycles. The molecule has 3 heteroatoms. The van der Waals surface area contributed by atoms with Gasteiger partial charge in [-0.3, -0.25) is 9.69 Å². The lowest BCUT2D eigenvalue weighted by molar-refractivity contribution is -0.146. The lowest BCUT2D eigenvalue weighted by atomic mass is 9.85. The van der Waals surface area contributed by atoms with Gasteiger partial charge in [-0.05, 0) is 63.7 Å². The molecule has 1 aliphatic heterocycles. The summed E-state index contributed by atoms with van der Waals surface area (Å²) in [5.74, 6) is -0.0567. The molecular weight excluding hydrogens is 262 g/mol. The van der Waals surface area contributed by atoms with E-state index in [1.54, 1.807) is 0 Å². The second-order valence-corrected chi connectivity index (χ2v) is 6.37. The molecule has 0 N–H and O–H groups in total. The number of hydrogen-bond acceptors (Lipinski definition) is 3. The average Bonchev–Trinajstić information content (AvgIpc) is 3.08. The van der Waals surface area contributed by atoms with Crippen LogP contribution in [0.3, 0.4) is 0 Å². The van der Waals surface area contributed by atoms with Crippen LogP contribution >= 0.6 is 0 Å². The minimum absolute atomic E-state index is 0.0567. The average molecular weight is 287 g/mol. The van der Waals surface area contributed by atoms with E-state index < -0.39 is 0 Å². The zero-order valence-electron chi connectivity index (χ0n) is 13.2. The molecular formula is C18H25NO2. The van der Waals surface area contributed by atoms with Crippen molar-refractivity contribution in [2.75, 3.05) is 19.7 Å². The van der Waals surface area contributed by atoms with Gasteiger partial charge in [-0.15, -0.1) is 0 Å².